The summed E-state index contributed by atoms with van der Waals surface area (Å²) in [6.45, 7) is 4.74. The minimum atomic E-state index is 0.771. The predicted molar refractivity (Wildman–Crippen MR) is 155 cm³/mol. The van der Waals surface area contributed by atoms with Gasteiger partial charge in [0.1, 0.15) is 5.75 Å². The highest BCUT2D eigenvalue weighted by molar-refractivity contribution is 6.30. The average molecular weight is 518 g/mol. The standard InChI is InChI=1S/C34H44ClNO/c35-31-12-8-27(9-13-31)33(34-29-21-25-20-26(23-29)24-30(34)22-25)28-10-14-32(15-11-28)37-19-7-2-1-4-16-36-17-5-3-6-18-36/h8-15,25-26,29-30H,1-7,16-24H2. The van der Waals surface area contributed by atoms with E-state index in [1.165, 1.54) is 107 Å². The summed E-state index contributed by atoms with van der Waals surface area (Å²) in [4.78, 5) is 2.65. The molecule has 0 amide bonds. The van der Waals surface area contributed by atoms with Gasteiger partial charge in [0, 0.05) is 5.02 Å². The van der Waals surface area contributed by atoms with Crippen LogP contribution in [-0.4, -0.2) is 31.1 Å². The molecule has 0 atom stereocenters. The topological polar surface area (TPSA) is 12.5 Å². The lowest BCUT2D eigenvalue weighted by molar-refractivity contribution is 0.0705. The lowest BCUT2D eigenvalue weighted by Gasteiger charge is -2.52. The minimum Gasteiger partial charge on any atom is -0.494 e. The van der Waals surface area contributed by atoms with Crippen molar-refractivity contribution in [2.75, 3.05) is 26.2 Å². The molecule has 198 valence electrons. The van der Waals surface area contributed by atoms with E-state index in [0.717, 1.165) is 47.5 Å². The van der Waals surface area contributed by atoms with Gasteiger partial charge in [0.25, 0.3) is 0 Å². The van der Waals surface area contributed by atoms with Gasteiger partial charge in [-0.05, 0) is 142 Å². The van der Waals surface area contributed by atoms with Crippen molar-refractivity contribution in [2.45, 2.75) is 77.0 Å². The van der Waals surface area contributed by atoms with Crippen LogP contribution in [0.15, 0.2) is 54.1 Å². The van der Waals surface area contributed by atoms with Crippen LogP contribution in [0.5, 0.6) is 5.75 Å². The number of hydrogen-bond acceptors (Lipinski definition) is 2. The van der Waals surface area contributed by atoms with Crippen LogP contribution in [-0.2, 0) is 0 Å². The number of rotatable bonds is 10. The van der Waals surface area contributed by atoms with Gasteiger partial charge in [0.05, 0.1) is 6.61 Å². The Morgan fingerprint density at radius 1 is 0.703 bits per heavy atom. The van der Waals surface area contributed by atoms with Crippen molar-refractivity contribution < 1.29 is 4.74 Å². The Kier molecular flexibility index (Phi) is 8.24. The average Bonchev–Trinajstić information content (AvgIpc) is 2.92. The molecule has 2 aromatic rings. The Labute approximate surface area is 229 Å². The summed E-state index contributed by atoms with van der Waals surface area (Å²) in [6, 6.07) is 17.5. The molecule has 0 spiro atoms. The molecule has 7 rings (SSSR count). The Bertz CT molecular complexity index is 1020. The van der Waals surface area contributed by atoms with Gasteiger partial charge in [-0.1, -0.05) is 60.7 Å². The molecule has 2 aromatic carbocycles. The number of halogens is 1. The van der Waals surface area contributed by atoms with Gasteiger partial charge in [-0.15, -0.1) is 0 Å². The minimum absolute atomic E-state index is 0.771. The summed E-state index contributed by atoms with van der Waals surface area (Å²) in [5.41, 5.74) is 5.89. The van der Waals surface area contributed by atoms with Gasteiger partial charge in [-0.25, -0.2) is 0 Å². The van der Waals surface area contributed by atoms with Crippen LogP contribution in [0, 0.1) is 23.7 Å². The van der Waals surface area contributed by atoms with Gasteiger partial charge < -0.3 is 9.64 Å². The molecule has 2 nitrogen and oxygen atoms in total. The molecule has 0 aromatic heterocycles. The Balaban J connectivity index is 1.08. The fraction of sp³-hybridized carbons (Fsp3) is 0.588. The summed E-state index contributed by atoms with van der Waals surface area (Å²) in [5, 5.41) is 0.813. The third-order valence-corrected chi connectivity index (χ3v) is 9.92. The zero-order chi connectivity index (χ0) is 25.0. The second-order valence-corrected chi connectivity index (χ2v) is 12.8. The van der Waals surface area contributed by atoms with Crippen molar-refractivity contribution in [2.24, 2.45) is 23.7 Å². The third-order valence-electron chi connectivity index (χ3n) is 9.67. The first-order chi connectivity index (χ1) is 18.2. The Hall–Kier alpha value is -1.77. The number of piperidine rings is 1. The maximum absolute atomic E-state index is 6.28. The third kappa shape index (κ3) is 6.12. The number of nitrogens with zero attached hydrogens (tertiary/aromatic N) is 1. The molecule has 5 aliphatic rings. The van der Waals surface area contributed by atoms with E-state index in [4.69, 9.17) is 16.3 Å². The second-order valence-electron chi connectivity index (χ2n) is 12.3. The van der Waals surface area contributed by atoms with Crippen molar-refractivity contribution in [3.8, 4) is 5.75 Å². The Morgan fingerprint density at radius 3 is 1.95 bits per heavy atom. The number of allylic oxidation sites excluding steroid dienone is 1. The predicted octanol–water partition coefficient (Wildman–Crippen LogP) is 9.02. The molecule has 37 heavy (non-hydrogen) atoms. The number of ether oxygens (including phenoxy) is 1. The zero-order valence-corrected chi connectivity index (χ0v) is 23.2. The van der Waals surface area contributed by atoms with Gasteiger partial charge in [0.15, 0.2) is 0 Å². The molecular formula is C34H44ClNO. The summed E-state index contributed by atoms with van der Waals surface area (Å²) in [7, 11) is 0. The van der Waals surface area contributed by atoms with E-state index >= 15 is 0 Å². The molecule has 3 heteroatoms. The van der Waals surface area contributed by atoms with Crippen LogP contribution in [0.4, 0.5) is 0 Å². The van der Waals surface area contributed by atoms with Crippen LogP contribution >= 0.6 is 11.6 Å². The summed E-state index contributed by atoms with van der Waals surface area (Å²) in [5.74, 6) is 4.49. The van der Waals surface area contributed by atoms with E-state index in [9.17, 15) is 0 Å². The lowest BCUT2D eigenvalue weighted by Crippen LogP contribution is -2.40. The normalized spacial score (nSPS) is 27.0. The maximum atomic E-state index is 6.28. The highest BCUT2D eigenvalue weighted by Crippen LogP contribution is 2.58. The molecular weight excluding hydrogens is 474 g/mol. The summed E-state index contributed by atoms with van der Waals surface area (Å²) < 4.78 is 6.15. The molecule has 1 aliphatic heterocycles. The molecule has 4 saturated carbocycles. The fourth-order valence-corrected chi connectivity index (χ4v) is 8.22. The summed E-state index contributed by atoms with van der Waals surface area (Å²) >= 11 is 6.28. The number of unbranched alkanes of at least 4 members (excludes halogenated alkanes) is 3. The van der Waals surface area contributed by atoms with E-state index in [0.29, 0.717) is 0 Å². The first-order valence-corrected chi connectivity index (χ1v) is 15.6. The molecule has 4 bridgehead atoms. The lowest BCUT2D eigenvalue weighted by atomic mass is 9.53. The second kappa shape index (κ2) is 12.0. The van der Waals surface area contributed by atoms with Crippen LogP contribution < -0.4 is 4.74 Å². The molecule has 5 fully saturated rings. The van der Waals surface area contributed by atoms with E-state index in [2.05, 4.69) is 53.4 Å². The van der Waals surface area contributed by atoms with Gasteiger partial charge in [-0.2, -0.15) is 0 Å². The first kappa shape index (κ1) is 25.5. The van der Waals surface area contributed by atoms with Crippen molar-refractivity contribution in [1.82, 2.24) is 4.90 Å². The number of likely N-dealkylation sites (tertiary alicyclic amines) is 1. The highest BCUT2D eigenvalue weighted by atomic mass is 35.5. The molecule has 4 aliphatic carbocycles. The first-order valence-electron chi connectivity index (χ1n) is 15.2. The zero-order valence-electron chi connectivity index (χ0n) is 22.5. The van der Waals surface area contributed by atoms with Crippen molar-refractivity contribution in [3.63, 3.8) is 0 Å². The molecule has 0 N–H and O–H groups in total. The largest absolute Gasteiger partial charge is 0.494 e. The molecule has 0 unspecified atom stereocenters. The molecule has 0 radical (unpaired) electrons. The monoisotopic (exact) mass is 517 g/mol. The summed E-state index contributed by atoms with van der Waals surface area (Å²) in [6.07, 6.45) is 16.4. The van der Waals surface area contributed by atoms with Crippen molar-refractivity contribution in [1.29, 1.82) is 0 Å². The SMILES string of the molecule is Clc1ccc(C(=C2C3CC4CC(C3)CC2C4)c2ccc(OCCCCCCN3CCCCC3)cc2)cc1. The van der Waals surface area contributed by atoms with E-state index < -0.39 is 0 Å². The molecule has 1 saturated heterocycles. The molecule has 1 heterocycles. The fourth-order valence-electron chi connectivity index (χ4n) is 8.10. The van der Waals surface area contributed by atoms with Gasteiger partial charge in [0.2, 0.25) is 0 Å². The van der Waals surface area contributed by atoms with E-state index in [-0.39, 0.29) is 0 Å². The van der Waals surface area contributed by atoms with E-state index in [1.807, 2.05) is 0 Å². The van der Waals surface area contributed by atoms with Crippen molar-refractivity contribution in [3.05, 3.63) is 70.3 Å². The van der Waals surface area contributed by atoms with Gasteiger partial charge >= 0.3 is 0 Å². The quantitative estimate of drug-likeness (QED) is 0.291. The van der Waals surface area contributed by atoms with Gasteiger partial charge in [-0.3, -0.25) is 0 Å². The van der Waals surface area contributed by atoms with Crippen molar-refractivity contribution >= 4 is 17.2 Å². The maximum Gasteiger partial charge on any atom is 0.119 e. The number of benzene rings is 2. The van der Waals surface area contributed by atoms with E-state index in [1.54, 1.807) is 5.57 Å². The van der Waals surface area contributed by atoms with Crippen LogP contribution in [0.1, 0.15) is 88.2 Å². The smallest absolute Gasteiger partial charge is 0.119 e. The number of hydrogen-bond donors (Lipinski definition) is 0. The van der Waals surface area contributed by atoms with Crippen LogP contribution in [0.3, 0.4) is 0 Å². The Morgan fingerprint density at radius 2 is 1.30 bits per heavy atom. The highest BCUT2D eigenvalue weighted by Gasteiger charge is 2.46. The van der Waals surface area contributed by atoms with Crippen LogP contribution in [0.2, 0.25) is 5.02 Å². The van der Waals surface area contributed by atoms with Crippen LogP contribution in [0.25, 0.3) is 5.57 Å².